The number of aromatic nitrogens is 1. The van der Waals surface area contributed by atoms with Crippen molar-refractivity contribution in [3.05, 3.63) is 28.5 Å². The number of hydrogen-bond donors (Lipinski definition) is 1. The molecular formula is C11H17BrN2. The largest absolute Gasteiger partial charge is 0.330 e. The van der Waals surface area contributed by atoms with Crippen LogP contribution < -0.4 is 5.73 Å². The van der Waals surface area contributed by atoms with E-state index < -0.39 is 0 Å². The van der Waals surface area contributed by atoms with Crippen LogP contribution in [0, 0.1) is 5.92 Å². The summed E-state index contributed by atoms with van der Waals surface area (Å²) in [5, 5.41) is 0. The molecule has 0 aliphatic rings. The van der Waals surface area contributed by atoms with Crippen molar-refractivity contribution >= 4 is 15.9 Å². The molecule has 14 heavy (non-hydrogen) atoms. The lowest BCUT2D eigenvalue weighted by atomic mass is 9.96. The summed E-state index contributed by atoms with van der Waals surface area (Å²) in [6, 6.07) is 2.12. The van der Waals surface area contributed by atoms with Crippen molar-refractivity contribution in [2.24, 2.45) is 11.7 Å². The Morgan fingerprint density at radius 2 is 2.29 bits per heavy atom. The zero-order chi connectivity index (χ0) is 10.4. The van der Waals surface area contributed by atoms with Gasteiger partial charge < -0.3 is 5.73 Å². The molecule has 1 heterocycles. The third kappa shape index (κ3) is 3.76. The topological polar surface area (TPSA) is 38.9 Å². The Morgan fingerprint density at radius 3 is 2.86 bits per heavy atom. The summed E-state index contributed by atoms with van der Waals surface area (Å²) in [5.41, 5.74) is 6.98. The Labute approximate surface area is 94.0 Å². The fraction of sp³-hybridized carbons (Fsp3) is 0.545. The molecule has 0 fully saturated rings. The van der Waals surface area contributed by atoms with Crippen molar-refractivity contribution in [1.29, 1.82) is 0 Å². The van der Waals surface area contributed by atoms with E-state index in [2.05, 4.69) is 33.9 Å². The first-order valence-electron chi connectivity index (χ1n) is 5.05. The second-order valence-corrected chi connectivity index (χ2v) is 4.52. The average molecular weight is 257 g/mol. The lowest BCUT2D eigenvalue weighted by Gasteiger charge is -2.13. The Bertz CT molecular complexity index is 276. The van der Waals surface area contributed by atoms with Gasteiger partial charge >= 0.3 is 0 Å². The van der Waals surface area contributed by atoms with E-state index in [9.17, 15) is 0 Å². The van der Waals surface area contributed by atoms with Gasteiger partial charge in [-0.15, -0.1) is 0 Å². The van der Waals surface area contributed by atoms with E-state index >= 15 is 0 Å². The van der Waals surface area contributed by atoms with Gasteiger partial charge in [0.25, 0.3) is 0 Å². The third-order valence-corrected chi connectivity index (χ3v) is 2.75. The molecule has 0 bridgehead atoms. The van der Waals surface area contributed by atoms with Crippen LogP contribution in [0.4, 0.5) is 0 Å². The normalized spacial score (nSPS) is 12.8. The molecule has 1 unspecified atom stereocenters. The lowest BCUT2D eigenvalue weighted by Crippen LogP contribution is -2.16. The number of rotatable bonds is 5. The van der Waals surface area contributed by atoms with Crippen LogP contribution in [0.3, 0.4) is 0 Å². The summed E-state index contributed by atoms with van der Waals surface area (Å²) in [7, 11) is 0. The summed E-state index contributed by atoms with van der Waals surface area (Å²) < 4.78 is 1.04. The van der Waals surface area contributed by atoms with Gasteiger partial charge in [0.05, 0.1) is 0 Å². The number of pyridine rings is 1. The summed E-state index contributed by atoms with van der Waals surface area (Å²) >= 11 is 3.42. The van der Waals surface area contributed by atoms with Gasteiger partial charge in [-0.25, -0.2) is 0 Å². The molecule has 1 atom stereocenters. The minimum Gasteiger partial charge on any atom is -0.330 e. The van der Waals surface area contributed by atoms with E-state index in [-0.39, 0.29) is 0 Å². The Hall–Kier alpha value is -0.410. The van der Waals surface area contributed by atoms with Gasteiger partial charge in [-0.3, -0.25) is 4.98 Å². The highest BCUT2D eigenvalue weighted by molar-refractivity contribution is 9.10. The molecule has 1 aromatic heterocycles. The number of halogens is 1. The minimum absolute atomic E-state index is 0.594. The van der Waals surface area contributed by atoms with Gasteiger partial charge in [-0.05, 0) is 52.9 Å². The van der Waals surface area contributed by atoms with Crippen LogP contribution in [0.1, 0.15) is 25.3 Å². The maximum atomic E-state index is 5.71. The van der Waals surface area contributed by atoms with E-state index in [1.54, 1.807) is 6.20 Å². The fourth-order valence-corrected chi connectivity index (χ4v) is 2.02. The van der Waals surface area contributed by atoms with Crippen LogP contribution in [0.2, 0.25) is 0 Å². The molecule has 0 aromatic carbocycles. The lowest BCUT2D eigenvalue weighted by molar-refractivity contribution is 0.487. The molecule has 3 heteroatoms. The van der Waals surface area contributed by atoms with Gasteiger partial charge in [0.2, 0.25) is 0 Å². The molecule has 2 nitrogen and oxygen atoms in total. The number of nitrogens with two attached hydrogens (primary N) is 1. The summed E-state index contributed by atoms with van der Waals surface area (Å²) in [6.07, 6.45) is 7.16. The van der Waals surface area contributed by atoms with Crippen molar-refractivity contribution < 1.29 is 0 Å². The smallest absolute Gasteiger partial charge is 0.0410 e. The van der Waals surface area contributed by atoms with Crippen LogP contribution in [0.5, 0.6) is 0 Å². The van der Waals surface area contributed by atoms with E-state index in [1.165, 1.54) is 18.4 Å². The zero-order valence-corrected chi connectivity index (χ0v) is 10.1. The number of hydrogen-bond acceptors (Lipinski definition) is 2. The maximum absolute atomic E-state index is 5.71. The predicted octanol–water partition coefficient (Wildman–Crippen LogP) is 2.76. The fourth-order valence-electron chi connectivity index (χ4n) is 1.61. The molecule has 0 spiro atoms. The van der Waals surface area contributed by atoms with E-state index in [0.717, 1.165) is 17.4 Å². The molecule has 0 radical (unpaired) electrons. The molecule has 2 N–H and O–H groups in total. The quantitative estimate of drug-likeness (QED) is 0.880. The van der Waals surface area contributed by atoms with Crippen molar-refractivity contribution in [2.45, 2.75) is 26.2 Å². The van der Waals surface area contributed by atoms with Crippen LogP contribution in [0.15, 0.2) is 22.9 Å². The molecule has 0 saturated heterocycles. The van der Waals surface area contributed by atoms with Gasteiger partial charge in [0.1, 0.15) is 0 Å². The average Bonchev–Trinajstić information content (AvgIpc) is 2.17. The molecular weight excluding hydrogens is 240 g/mol. The first-order chi connectivity index (χ1) is 6.76. The third-order valence-electron chi connectivity index (χ3n) is 2.32. The second-order valence-electron chi connectivity index (χ2n) is 3.61. The maximum Gasteiger partial charge on any atom is 0.0410 e. The van der Waals surface area contributed by atoms with Gasteiger partial charge in [0, 0.05) is 16.9 Å². The Balaban J connectivity index is 2.57. The molecule has 1 aromatic rings. The summed E-state index contributed by atoms with van der Waals surface area (Å²) in [6.45, 7) is 2.96. The highest BCUT2D eigenvalue weighted by Crippen LogP contribution is 2.15. The standard InChI is InChI=1S/C11H17BrN2/c1-2-3-9(6-13)4-10-5-11(12)8-14-7-10/h5,7-9H,2-4,6,13H2,1H3. The van der Waals surface area contributed by atoms with Crippen LogP contribution >= 0.6 is 15.9 Å². The first kappa shape index (κ1) is 11.7. The molecule has 0 saturated carbocycles. The van der Waals surface area contributed by atoms with Gasteiger partial charge in [0.15, 0.2) is 0 Å². The predicted molar refractivity (Wildman–Crippen MR) is 63.1 cm³/mol. The highest BCUT2D eigenvalue weighted by Gasteiger charge is 2.06. The Kier molecular flexibility index (Phi) is 5.12. The molecule has 1 rings (SSSR count). The monoisotopic (exact) mass is 256 g/mol. The van der Waals surface area contributed by atoms with Gasteiger partial charge in [-0.1, -0.05) is 13.3 Å². The summed E-state index contributed by atoms with van der Waals surface area (Å²) in [4.78, 5) is 4.14. The van der Waals surface area contributed by atoms with Crippen LogP contribution in [0.25, 0.3) is 0 Å². The molecule has 78 valence electrons. The van der Waals surface area contributed by atoms with E-state index in [1.807, 2.05) is 6.20 Å². The number of nitrogens with zero attached hydrogens (tertiary/aromatic N) is 1. The van der Waals surface area contributed by atoms with Crippen molar-refractivity contribution in [3.8, 4) is 0 Å². The molecule has 0 amide bonds. The Morgan fingerprint density at radius 1 is 1.50 bits per heavy atom. The van der Waals surface area contributed by atoms with Crippen LogP contribution in [-0.2, 0) is 6.42 Å². The molecule has 0 aliphatic heterocycles. The van der Waals surface area contributed by atoms with Crippen LogP contribution in [-0.4, -0.2) is 11.5 Å². The van der Waals surface area contributed by atoms with Crippen molar-refractivity contribution in [1.82, 2.24) is 4.98 Å². The SMILES string of the molecule is CCCC(CN)Cc1cncc(Br)c1. The van der Waals surface area contributed by atoms with E-state index in [4.69, 9.17) is 5.73 Å². The van der Waals surface area contributed by atoms with Crippen molar-refractivity contribution in [3.63, 3.8) is 0 Å². The summed E-state index contributed by atoms with van der Waals surface area (Å²) in [5.74, 6) is 0.594. The highest BCUT2D eigenvalue weighted by atomic mass is 79.9. The van der Waals surface area contributed by atoms with Crippen molar-refractivity contribution in [2.75, 3.05) is 6.54 Å². The first-order valence-corrected chi connectivity index (χ1v) is 5.85. The zero-order valence-electron chi connectivity index (χ0n) is 8.54. The van der Waals surface area contributed by atoms with E-state index in [0.29, 0.717) is 5.92 Å². The minimum atomic E-state index is 0.594. The molecule has 0 aliphatic carbocycles. The second kappa shape index (κ2) is 6.14. The van der Waals surface area contributed by atoms with Gasteiger partial charge in [-0.2, -0.15) is 0 Å².